The van der Waals surface area contributed by atoms with E-state index >= 15 is 0 Å². The summed E-state index contributed by atoms with van der Waals surface area (Å²) in [4.78, 5) is 0. The summed E-state index contributed by atoms with van der Waals surface area (Å²) in [7, 11) is 0. The molecule has 4 rings (SSSR count). The maximum absolute atomic E-state index is 4.62. The van der Waals surface area contributed by atoms with Crippen LogP contribution in [0.3, 0.4) is 0 Å². The molecule has 1 atom stereocenters. The van der Waals surface area contributed by atoms with Crippen LogP contribution < -0.4 is 5.32 Å². The molecule has 3 heterocycles. The van der Waals surface area contributed by atoms with Gasteiger partial charge in [-0.15, -0.1) is 5.10 Å². The summed E-state index contributed by atoms with van der Waals surface area (Å²) in [6.45, 7) is 8.32. The third-order valence-corrected chi connectivity index (χ3v) is 5.31. The highest BCUT2D eigenvalue weighted by atomic mass is 15.4. The lowest BCUT2D eigenvalue weighted by Gasteiger charge is -2.20. The molecule has 124 valence electrons. The monoisotopic (exact) mass is 314 g/mol. The van der Waals surface area contributed by atoms with Gasteiger partial charge in [0.05, 0.1) is 17.9 Å². The molecule has 1 unspecified atom stereocenters. The Morgan fingerprint density at radius 1 is 1.30 bits per heavy atom. The van der Waals surface area contributed by atoms with Crippen molar-refractivity contribution in [2.24, 2.45) is 5.41 Å². The summed E-state index contributed by atoms with van der Waals surface area (Å²) < 4.78 is 4.22. The van der Waals surface area contributed by atoms with Crippen molar-refractivity contribution in [3.05, 3.63) is 29.3 Å². The number of aryl methyl sites for hydroxylation is 2. The molecule has 2 aromatic heterocycles. The van der Waals surface area contributed by atoms with E-state index in [2.05, 4.69) is 56.2 Å². The average Bonchev–Trinajstić information content (AvgIpc) is 2.99. The molecule has 1 saturated carbocycles. The lowest BCUT2D eigenvalue weighted by atomic mass is 9.97. The molecular formula is C17H26N6. The minimum atomic E-state index is 0.318. The van der Waals surface area contributed by atoms with Gasteiger partial charge >= 0.3 is 0 Å². The van der Waals surface area contributed by atoms with Crippen LogP contribution in [0.2, 0.25) is 0 Å². The van der Waals surface area contributed by atoms with Crippen LogP contribution in [0, 0.1) is 19.3 Å². The largest absolute Gasteiger partial charge is 0.316 e. The number of hydrogen-bond donors (Lipinski definition) is 1. The quantitative estimate of drug-likeness (QED) is 0.917. The highest BCUT2D eigenvalue weighted by molar-refractivity contribution is 5.09. The van der Waals surface area contributed by atoms with E-state index in [0.717, 1.165) is 37.6 Å². The molecule has 2 aromatic rings. The predicted molar refractivity (Wildman–Crippen MR) is 88.2 cm³/mol. The molecule has 6 heteroatoms. The van der Waals surface area contributed by atoms with Crippen molar-refractivity contribution in [2.75, 3.05) is 13.1 Å². The maximum Gasteiger partial charge on any atom is 0.0870 e. The Labute approximate surface area is 137 Å². The van der Waals surface area contributed by atoms with E-state index in [1.54, 1.807) is 0 Å². The van der Waals surface area contributed by atoms with Gasteiger partial charge in [0.15, 0.2) is 0 Å². The molecule has 2 fully saturated rings. The van der Waals surface area contributed by atoms with Gasteiger partial charge < -0.3 is 5.32 Å². The first-order valence-electron chi connectivity index (χ1n) is 8.75. The molecule has 1 saturated heterocycles. The van der Waals surface area contributed by atoms with Crippen molar-refractivity contribution in [2.45, 2.75) is 58.5 Å². The van der Waals surface area contributed by atoms with Crippen LogP contribution in [0.1, 0.15) is 48.7 Å². The number of nitrogens with zero attached hydrogens (tertiary/aromatic N) is 5. The first kappa shape index (κ1) is 14.9. The van der Waals surface area contributed by atoms with Crippen molar-refractivity contribution in [1.82, 2.24) is 30.1 Å². The summed E-state index contributed by atoms with van der Waals surface area (Å²) in [6.07, 6.45) is 7.14. The summed E-state index contributed by atoms with van der Waals surface area (Å²) >= 11 is 0. The van der Waals surface area contributed by atoms with Crippen LogP contribution in [0.5, 0.6) is 0 Å². The standard InChI is InChI=1S/C17H26N6/c1-13-8-14(2)23(20-13)12-17(5-6-17)11-22-10-16(19-21-22)15-4-3-7-18-9-15/h8,10,15,18H,3-7,9,11-12H2,1-2H3. The van der Waals surface area contributed by atoms with E-state index in [4.69, 9.17) is 0 Å². The Bertz CT molecular complexity index is 675. The summed E-state index contributed by atoms with van der Waals surface area (Å²) in [5, 5.41) is 16.9. The molecule has 23 heavy (non-hydrogen) atoms. The first-order chi connectivity index (χ1) is 11.1. The average molecular weight is 314 g/mol. The number of aromatic nitrogens is 5. The van der Waals surface area contributed by atoms with Gasteiger partial charge in [-0.05, 0) is 52.1 Å². The summed E-state index contributed by atoms with van der Waals surface area (Å²) in [5.74, 6) is 0.531. The SMILES string of the molecule is Cc1cc(C)n(CC2(Cn3cc(C4CCCNC4)nn3)CC2)n1. The highest BCUT2D eigenvalue weighted by Gasteiger charge is 2.44. The Morgan fingerprint density at radius 3 is 2.83 bits per heavy atom. The normalized spacial score (nSPS) is 23.1. The van der Waals surface area contributed by atoms with Crippen molar-refractivity contribution in [3.63, 3.8) is 0 Å². The molecule has 0 amide bonds. The number of hydrogen-bond acceptors (Lipinski definition) is 4. The second-order valence-corrected chi connectivity index (χ2v) is 7.47. The van der Waals surface area contributed by atoms with Crippen LogP contribution in [-0.2, 0) is 13.1 Å². The van der Waals surface area contributed by atoms with Crippen LogP contribution in [0.15, 0.2) is 12.3 Å². The molecule has 0 aromatic carbocycles. The van der Waals surface area contributed by atoms with Crippen molar-refractivity contribution in [1.29, 1.82) is 0 Å². The van der Waals surface area contributed by atoms with E-state index < -0.39 is 0 Å². The molecule has 1 aliphatic carbocycles. The lowest BCUT2D eigenvalue weighted by Crippen LogP contribution is -2.28. The smallest absolute Gasteiger partial charge is 0.0870 e. The van der Waals surface area contributed by atoms with Crippen LogP contribution in [0.4, 0.5) is 0 Å². The van der Waals surface area contributed by atoms with E-state index in [0.29, 0.717) is 11.3 Å². The van der Waals surface area contributed by atoms with E-state index in [-0.39, 0.29) is 0 Å². The Balaban J connectivity index is 1.43. The summed E-state index contributed by atoms with van der Waals surface area (Å²) in [5.41, 5.74) is 3.82. The fraction of sp³-hybridized carbons (Fsp3) is 0.706. The zero-order valence-electron chi connectivity index (χ0n) is 14.1. The fourth-order valence-electron chi connectivity index (χ4n) is 3.72. The van der Waals surface area contributed by atoms with Gasteiger partial charge in [-0.1, -0.05) is 5.21 Å². The number of nitrogens with one attached hydrogen (secondary N) is 1. The van der Waals surface area contributed by atoms with Crippen LogP contribution in [0.25, 0.3) is 0 Å². The molecule has 0 bridgehead atoms. The summed E-state index contributed by atoms with van der Waals surface area (Å²) in [6, 6.07) is 2.15. The number of rotatable bonds is 5. The fourth-order valence-corrected chi connectivity index (χ4v) is 3.72. The van der Waals surface area contributed by atoms with Gasteiger partial charge in [-0.3, -0.25) is 9.36 Å². The van der Waals surface area contributed by atoms with Crippen molar-refractivity contribution in [3.8, 4) is 0 Å². The second-order valence-electron chi connectivity index (χ2n) is 7.47. The van der Waals surface area contributed by atoms with Crippen LogP contribution >= 0.6 is 0 Å². The third-order valence-electron chi connectivity index (χ3n) is 5.31. The lowest BCUT2D eigenvalue weighted by molar-refractivity contribution is 0.323. The third kappa shape index (κ3) is 3.17. The zero-order valence-corrected chi connectivity index (χ0v) is 14.1. The van der Waals surface area contributed by atoms with E-state index in [1.165, 1.54) is 31.4 Å². The minimum absolute atomic E-state index is 0.318. The molecular weight excluding hydrogens is 288 g/mol. The second kappa shape index (κ2) is 5.74. The van der Waals surface area contributed by atoms with E-state index in [9.17, 15) is 0 Å². The van der Waals surface area contributed by atoms with Gasteiger partial charge in [-0.25, -0.2) is 0 Å². The van der Waals surface area contributed by atoms with Gasteiger partial charge in [-0.2, -0.15) is 5.10 Å². The first-order valence-corrected chi connectivity index (χ1v) is 8.75. The highest BCUT2D eigenvalue weighted by Crippen LogP contribution is 2.48. The predicted octanol–water partition coefficient (Wildman–Crippen LogP) is 2.04. The van der Waals surface area contributed by atoms with Gasteiger partial charge in [0.1, 0.15) is 0 Å². The van der Waals surface area contributed by atoms with Crippen molar-refractivity contribution < 1.29 is 0 Å². The zero-order chi connectivity index (χ0) is 15.9. The minimum Gasteiger partial charge on any atom is -0.316 e. The van der Waals surface area contributed by atoms with Gasteiger partial charge in [0.2, 0.25) is 0 Å². The molecule has 2 aliphatic rings. The number of piperidine rings is 1. The maximum atomic E-state index is 4.62. The molecule has 0 spiro atoms. The van der Waals surface area contributed by atoms with Crippen molar-refractivity contribution >= 4 is 0 Å². The van der Waals surface area contributed by atoms with Gasteiger partial charge in [0, 0.05) is 36.3 Å². The van der Waals surface area contributed by atoms with Gasteiger partial charge in [0.25, 0.3) is 0 Å². The van der Waals surface area contributed by atoms with Crippen LogP contribution in [-0.4, -0.2) is 37.9 Å². The molecule has 6 nitrogen and oxygen atoms in total. The Kier molecular flexibility index (Phi) is 3.71. The molecule has 1 N–H and O–H groups in total. The molecule has 0 radical (unpaired) electrons. The Morgan fingerprint density at radius 2 is 2.17 bits per heavy atom. The molecule has 1 aliphatic heterocycles. The van der Waals surface area contributed by atoms with E-state index in [1.807, 2.05) is 0 Å². The Hall–Kier alpha value is -1.69. The topological polar surface area (TPSA) is 60.6 Å².